The zero-order valence-corrected chi connectivity index (χ0v) is 16.9. The Labute approximate surface area is 119 Å². The summed E-state index contributed by atoms with van der Waals surface area (Å²) in [6.45, 7) is 9.85. The lowest BCUT2D eigenvalue weighted by Gasteiger charge is -2.25. The van der Waals surface area contributed by atoms with Crippen LogP contribution in [0.25, 0.3) is 0 Å². The van der Waals surface area contributed by atoms with Gasteiger partial charge in [0.15, 0.2) is 0 Å². The van der Waals surface area contributed by atoms with Crippen molar-refractivity contribution in [1.82, 2.24) is 0 Å². The van der Waals surface area contributed by atoms with Gasteiger partial charge in [0.2, 0.25) is 0 Å². The molecule has 1 saturated heterocycles. The van der Waals surface area contributed by atoms with E-state index in [-0.39, 0.29) is 0 Å². The zero-order valence-electron chi connectivity index (χ0n) is 11.9. The highest BCUT2D eigenvalue weighted by molar-refractivity contribution is 6.72. The number of rotatable bonds is 2. The summed E-state index contributed by atoms with van der Waals surface area (Å²) >= 11 is 0. The van der Waals surface area contributed by atoms with Crippen molar-refractivity contribution in [2.45, 2.75) is 32.7 Å². The van der Waals surface area contributed by atoms with Gasteiger partial charge < -0.3 is 25.3 Å². The molecule has 0 unspecified atom stereocenters. The van der Waals surface area contributed by atoms with E-state index < -0.39 is 46.4 Å². The summed E-state index contributed by atoms with van der Waals surface area (Å²) in [4.78, 5) is 0. The predicted molar refractivity (Wildman–Crippen MR) is 76.4 cm³/mol. The van der Waals surface area contributed by atoms with Crippen LogP contribution in [0.3, 0.4) is 0 Å². The maximum absolute atomic E-state index is 5.56. The van der Waals surface area contributed by atoms with Gasteiger partial charge in [-0.2, -0.15) is 0 Å². The summed E-state index contributed by atoms with van der Waals surface area (Å²) < 4.78 is 31.8. The lowest BCUT2D eigenvalue weighted by atomic mass is 11.8. The van der Waals surface area contributed by atoms with E-state index in [1.807, 2.05) is 32.7 Å². The van der Waals surface area contributed by atoms with Crippen molar-refractivity contribution in [3.63, 3.8) is 0 Å². The standard InChI is InChI=1S/C4H12O4Si4.C3H9O2Si/c1-9-5-10(2)7-12(4)8-11(3)6-9;1-4-6(3)5-2/h1-4H3;1-3H3. The molecule has 0 atom stereocenters. The van der Waals surface area contributed by atoms with E-state index in [0.717, 1.165) is 0 Å². The molecule has 18 heavy (non-hydrogen) atoms. The van der Waals surface area contributed by atoms with Crippen molar-refractivity contribution in [3.8, 4) is 0 Å². The second kappa shape index (κ2) is 10.6. The number of hydrogen-bond acceptors (Lipinski definition) is 6. The molecule has 0 amide bonds. The molecule has 1 heterocycles. The minimum absolute atomic E-state index is 0.868. The molecule has 0 saturated carbocycles. The summed E-state index contributed by atoms with van der Waals surface area (Å²) in [7, 11) is -2.03. The number of hydrogen-bond donors (Lipinski definition) is 0. The van der Waals surface area contributed by atoms with E-state index in [0.29, 0.717) is 0 Å². The molecule has 0 bridgehead atoms. The van der Waals surface area contributed by atoms with Crippen molar-refractivity contribution in [2.24, 2.45) is 0 Å². The van der Waals surface area contributed by atoms with Gasteiger partial charge in [0.25, 0.3) is 0 Å². The van der Waals surface area contributed by atoms with Gasteiger partial charge in [-0.15, -0.1) is 0 Å². The highest BCUT2D eigenvalue weighted by Crippen LogP contribution is 2.06. The highest BCUT2D eigenvalue weighted by Gasteiger charge is 2.29. The quantitative estimate of drug-likeness (QED) is 0.697. The van der Waals surface area contributed by atoms with Crippen molar-refractivity contribution >= 4 is 46.4 Å². The van der Waals surface area contributed by atoms with Crippen molar-refractivity contribution in [3.05, 3.63) is 0 Å². The largest absolute Gasteiger partial charge is 0.414 e. The minimum Gasteiger partial charge on any atom is -0.414 e. The molecule has 0 aromatic rings. The fourth-order valence-corrected chi connectivity index (χ4v) is 9.79. The van der Waals surface area contributed by atoms with Gasteiger partial charge in [-0.25, -0.2) is 0 Å². The molecule has 0 aromatic carbocycles. The third kappa shape index (κ3) is 9.73. The van der Waals surface area contributed by atoms with Gasteiger partial charge in [0, 0.05) is 14.2 Å². The van der Waals surface area contributed by atoms with Crippen LogP contribution >= 0.6 is 0 Å². The van der Waals surface area contributed by atoms with Gasteiger partial charge in [0.05, 0.1) is 0 Å². The molecule has 105 valence electrons. The molecule has 5 radical (unpaired) electrons. The molecule has 1 fully saturated rings. The first-order valence-corrected chi connectivity index (χ1v) is 14.4. The maximum atomic E-state index is 5.56. The van der Waals surface area contributed by atoms with Crippen LogP contribution in [0.2, 0.25) is 32.7 Å². The van der Waals surface area contributed by atoms with Crippen LogP contribution in [-0.2, 0) is 25.3 Å². The third-order valence-corrected chi connectivity index (χ3v) is 12.1. The molecule has 0 aliphatic carbocycles. The monoisotopic (exact) mass is 341 g/mol. The van der Waals surface area contributed by atoms with E-state index >= 15 is 0 Å². The van der Waals surface area contributed by atoms with Gasteiger partial charge >= 0.3 is 46.4 Å². The highest BCUT2D eigenvalue weighted by atomic mass is 28.5. The molecule has 1 aliphatic rings. The second-order valence-corrected chi connectivity index (χ2v) is 12.3. The third-order valence-electron chi connectivity index (χ3n) is 1.72. The fraction of sp³-hybridized carbons (Fsp3) is 1.00. The smallest absolute Gasteiger partial charge is 0.380 e. The van der Waals surface area contributed by atoms with Gasteiger partial charge in [-0.3, -0.25) is 0 Å². The summed E-state index contributed by atoms with van der Waals surface area (Å²) in [5, 5.41) is 0. The Hall–Kier alpha value is 0.844. The molecule has 1 rings (SSSR count). The normalized spacial score (nSPS) is 21.3. The van der Waals surface area contributed by atoms with E-state index in [1.165, 1.54) is 0 Å². The van der Waals surface area contributed by atoms with Crippen molar-refractivity contribution in [2.75, 3.05) is 14.2 Å². The predicted octanol–water partition coefficient (Wildman–Crippen LogP) is 0.936. The van der Waals surface area contributed by atoms with Crippen LogP contribution in [-0.4, -0.2) is 60.6 Å². The zero-order chi connectivity index (χ0) is 14.1. The Morgan fingerprint density at radius 3 is 1.00 bits per heavy atom. The molecular weight excluding hydrogens is 321 g/mol. The van der Waals surface area contributed by atoms with Crippen LogP contribution in [0, 0.1) is 0 Å². The van der Waals surface area contributed by atoms with Crippen LogP contribution in [0.5, 0.6) is 0 Å². The first-order valence-electron chi connectivity index (χ1n) is 5.36. The van der Waals surface area contributed by atoms with Crippen molar-refractivity contribution in [1.29, 1.82) is 0 Å². The van der Waals surface area contributed by atoms with Crippen LogP contribution in [0.15, 0.2) is 0 Å². The van der Waals surface area contributed by atoms with E-state index in [9.17, 15) is 0 Å². The SMILES string of the molecule is CO[Si](C)OC.C[Si]1O[Si](C)O[Si](C)O[Si](C)O1. The summed E-state index contributed by atoms with van der Waals surface area (Å²) in [5.41, 5.74) is 0. The lowest BCUT2D eigenvalue weighted by molar-refractivity contribution is 0.285. The second-order valence-electron chi connectivity index (χ2n) is 3.27. The topological polar surface area (TPSA) is 55.4 Å². The average molecular weight is 342 g/mol. The van der Waals surface area contributed by atoms with Gasteiger partial charge in [-0.05, 0) is 32.7 Å². The fourth-order valence-electron chi connectivity index (χ4n) is 0.976. The molecule has 0 aromatic heterocycles. The lowest BCUT2D eigenvalue weighted by Crippen LogP contribution is -2.44. The van der Waals surface area contributed by atoms with Crippen LogP contribution < -0.4 is 0 Å². The van der Waals surface area contributed by atoms with E-state index in [4.69, 9.17) is 25.3 Å². The van der Waals surface area contributed by atoms with Crippen LogP contribution in [0.4, 0.5) is 0 Å². The molecule has 0 spiro atoms. The Morgan fingerprint density at radius 1 is 0.667 bits per heavy atom. The molecular formula is C7H21O6Si5. The first-order chi connectivity index (χ1) is 8.38. The molecule has 1 aliphatic heterocycles. The Bertz CT molecular complexity index is 169. The van der Waals surface area contributed by atoms with Crippen LogP contribution in [0.1, 0.15) is 0 Å². The van der Waals surface area contributed by atoms with Crippen molar-refractivity contribution < 1.29 is 25.3 Å². The Kier molecular flexibility index (Phi) is 11.1. The first kappa shape index (κ1) is 18.8. The molecule has 0 N–H and O–H groups in total. The summed E-state index contributed by atoms with van der Waals surface area (Å²) in [6.07, 6.45) is 0. The summed E-state index contributed by atoms with van der Waals surface area (Å²) in [5.74, 6) is 0. The Morgan fingerprint density at radius 2 is 0.889 bits per heavy atom. The molecule has 6 nitrogen and oxygen atoms in total. The maximum Gasteiger partial charge on any atom is 0.380 e. The average Bonchev–Trinajstić information content (AvgIpc) is 2.26. The minimum atomic E-state index is -1.12. The van der Waals surface area contributed by atoms with E-state index in [2.05, 4.69) is 0 Å². The summed E-state index contributed by atoms with van der Waals surface area (Å²) in [6, 6.07) is 0. The molecule has 11 heteroatoms. The Balaban J connectivity index is 0.000000411. The van der Waals surface area contributed by atoms with Gasteiger partial charge in [-0.1, -0.05) is 0 Å². The van der Waals surface area contributed by atoms with Gasteiger partial charge in [0.1, 0.15) is 0 Å². The van der Waals surface area contributed by atoms with E-state index in [1.54, 1.807) is 14.2 Å².